The largest absolute Gasteiger partial charge is 0.265 e. The number of sulfonamides is 1. The number of rotatable bonds is 5. The maximum Gasteiger partial charge on any atom is 0.257 e. The van der Waals surface area contributed by atoms with Crippen molar-refractivity contribution in [2.45, 2.75) is 31.1 Å². The normalized spacial score (nSPS) is 15.8. The summed E-state index contributed by atoms with van der Waals surface area (Å²) in [6, 6.07) is 4.74. The van der Waals surface area contributed by atoms with Gasteiger partial charge in [-0.15, -0.1) is 0 Å². The molecule has 1 aliphatic carbocycles. The van der Waals surface area contributed by atoms with E-state index < -0.39 is 28.2 Å². The predicted molar refractivity (Wildman–Crippen MR) is 76.3 cm³/mol. The van der Waals surface area contributed by atoms with E-state index in [1.54, 1.807) is 18.2 Å². The smallest absolute Gasteiger partial charge is 0.257 e. The minimum absolute atomic E-state index is 0.00292. The van der Waals surface area contributed by atoms with Crippen LogP contribution in [-0.4, -0.2) is 29.9 Å². The quantitative estimate of drug-likeness (QED) is 0.913. The van der Waals surface area contributed by atoms with Crippen LogP contribution in [0.2, 0.25) is 5.02 Å². The van der Waals surface area contributed by atoms with Crippen LogP contribution in [0.5, 0.6) is 0 Å². The molecule has 0 aliphatic heterocycles. The van der Waals surface area contributed by atoms with Crippen molar-refractivity contribution in [1.82, 2.24) is 9.78 Å². The second kappa shape index (κ2) is 5.10. The zero-order valence-electron chi connectivity index (χ0n) is 10.8. The first kappa shape index (κ1) is 14.5. The summed E-state index contributed by atoms with van der Waals surface area (Å²) in [4.78, 5) is 0. The molecule has 5 nitrogen and oxygen atoms in total. The lowest BCUT2D eigenvalue weighted by molar-refractivity contribution is 0.123. The molecule has 3 rings (SSSR count). The van der Waals surface area contributed by atoms with Gasteiger partial charge >= 0.3 is 0 Å². The summed E-state index contributed by atoms with van der Waals surface area (Å²) < 4.78 is 52.6. The molecule has 114 valence electrons. The van der Waals surface area contributed by atoms with E-state index in [9.17, 15) is 17.2 Å². The average molecular weight is 336 g/mol. The lowest BCUT2D eigenvalue weighted by atomic mass is 10.2. The van der Waals surface area contributed by atoms with Gasteiger partial charge in [0.15, 0.2) is 5.82 Å². The molecule has 0 unspecified atom stereocenters. The molecule has 2 aromatic rings. The fourth-order valence-electron chi connectivity index (χ4n) is 2.12. The van der Waals surface area contributed by atoms with Crippen LogP contribution in [0.3, 0.4) is 0 Å². The minimum Gasteiger partial charge on any atom is -0.265 e. The number of nitrogens with zero attached hydrogens (tertiary/aromatic N) is 2. The van der Waals surface area contributed by atoms with E-state index in [1.165, 1.54) is 0 Å². The van der Waals surface area contributed by atoms with Crippen LogP contribution in [0, 0.1) is 0 Å². The SMILES string of the molecule is O=S(=O)(Nc1nn(CC(F)F)c2cccc(Cl)c12)C1CC1. The van der Waals surface area contributed by atoms with Crippen LogP contribution in [-0.2, 0) is 16.6 Å². The van der Waals surface area contributed by atoms with E-state index in [4.69, 9.17) is 11.6 Å². The van der Waals surface area contributed by atoms with Crippen molar-refractivity contribution in [3.05, 3.63) is 23.2 Å². The Bertz CT molecular complexity index is 787. The molecule has 1 aromatic heterocycles. The summed E-state index contributed by atoms with van der Waals surface area (Å²) in [6.07, 6.45) is -1.41. The summed E-state index contributed by atoms with van der Waals surface area (Å²) in [7, 11) is -3.54. The molecule has 0 amide bonds. The molecule has 0 atom stereocenters. The highest BCUT2D eigenvalue weighted by molar-refractivity contribution is 7.93. The Morgan fingerprint density at radius 3 is 2.76 bits per heavy atom. The van der Waals surface area contributed by atoms with Gasteiger partial charge in [-0.25, -0.2) is 17.2 Å². The van der Waals surface area contributed by atoms with Crippen molar-refractivity contribution >= 4 is 38.3 Å². The van der Waals surface area contributed by atoms with Crippen molar-refractivity contribution in [2.24, 2.45) is 0 Å². The third kappa shape index (κ3) is 2.82. The van der Waals surface area contributed by atoms with Crippen LogP contribution in [0.1, 0.15) is 12.8 Å². The van der Waals surface area contributed by atoms with E-state index in [0.29, 0.717) is 23.7 Å². The zero-order valence-corrected chi connectivity index (χ0v) is 12.3. The third-order valence-electron chi connectivity index (χ3n) is 3.24. The Kier molecular flexibility index (Phi) is 3.53. The summed E-state index contributed by atoms with van der Waals surface area (Å²) in [5.74, 6) is 0.00292. The summed E-state index contributed by atoms with van der Waals surface area (Å²) in [6.45, 7) is -0.623. The van der Waals surface area contributed by atoms with Gasteiger partial charge in [0.2, 0.25) is 10.0 Å². The van der Waals surface area contributed by atoms with E-state index in [-0.39, 0.29) is 10.8 Å². The Morgan fingerprint density at radius 1 is 1.43 bits per heavy atom. The van der Waals surface area contributed by atoms with Gasteiger partial charge in [-0.05, 0) is 25.0 Å². The van der Waals surface area contributed by atoms with Gasteiger partial charge < -0.3 is 0 Å². The first-order chi connectivity index (χ1) is 9.88. The highest BCUT2D eigenvalue weighted by atomic mass is 35.5. The number of fused-ring (bicyclic) bond motifs is 1. The number of hydrogen-bond acceptors (Lipinski definition) is 3. The fraction of sp³-hybridized carbons (Fsp3) is 0.417. The van der Waals surface area contributed by atoms with Gasteiger partial charge in [0.25, 0.3) is 6.43 Å². The highest BCUT2D eigenvalue weighted by Crippen LogP contribution is 2.34. The number of anilines is 1. The number of nitrogens with one attached hydrogen (secondary N) is 1. The maximum absolute atomic E-state index is 12.6. The van der Waals surface area contributed by atoms with E-state index >= 15 is 0 Å². The monoisotopic (exact) mass is 335 g/mol. The number of benzene rings is 1. The Hall–Kier alpha value is -1.41. The third-order valence-corrected chi connectivity index (χ3v) is 5.38. The van der Waals surface area contributed by atoms with Crippen molar-refractivity contribution in [2.75, 3.05) is 4.72 Å². The molecule has 21 heavy (non-hydrogen) atoms. The van der Waals surface area contributed by atoms with E-state index in [2.05, 4.69) is 9.82 Å². The molecule has 0 saturated heterocycles. The van der Waals surface area contributed by atoms with Crippen LogP contribution in [0.4, 0.5) is 14.6 Å². The van der Waals surface area contributed by atoms with Gasteiger partial charge in [-0.3, -0.25) is 9.40 Å². The lowest BCUT2D eigenvalue weighted by Crippen LogP contribution is -2.18. The molecule has 1 fully saturated rings. The minimum atomic E-state index is -3.54. The van der Waals surface area contributed by atoms with Gasteiger partial charge in [0.05, 0.1) is 21.2 Å². The first-order valence-corrected chi connectivity index (χ1v) is 8.26. The molecule has 9 heteroatoms. The molecule has 1 aliphatic rings. The maximum atomic E-state index is 12.6. The van der Waals surface area contributed by atoms with Crippen LogP contribution < -0.4 is 4.72 Å². The Balaban J connectivity index is 2.09. The topological polar surface area (TPSA) is 64.0 Å². The Labute approximate surface area is 124 Å². The molecule has 0 bridgehead atoms. The molecule has 1 saturated carbocycles. The summed E-state index contributed by atoms with van der Waals surface area (Å²) in [5, 5.41) is 4.12. The van der Waals surface area contributed by atoms with Crippen molar-refractivity contribution in [3.63, 3.8) is 0 Å². The number of halogens is 3. The highest BCUT2D eigenvalue weighted by Gasteiger charge is 2.36. The lowest BCUT2D eigenvalue weighted by Gasteiger charge is -2.04. The molecule has 0 spiro atoms. The number of hydrogen-bond donors (Lipinski definition) is 1. The Morgan fingerprint density at radius 2 is 2.14 bits per heavy atom. The molecular weight excluding hydrogens is 324 g/mol. The van der Waals surface area contributed by atoms with Gasteiger partial charge in [-0.2, -0.15) is 5.10 Å². The first-order valence-electron chi connectivity index (χ1n) is 6.33. The molecule has 1 N–H and O–H groups in total. The predicted octanol–water partition coefficient (Wildman–Crippen LogP) is 2.86. The van der Waals surface area contributed by atoms with Crippen molar-refractivity contribution in [1.29, 1.82) is 0 Å². The van der Waals surface area contributed by atoms with Crippen molar-refractivity contribution < 1.29 is 17.2 Å². The van der Waals surface area contributed by atoms with E-state index in [0.717, 1.165) is 4.68 Å². The average Bonchev–Trinajstić information content (AvgIpc) is 3.16. The van der Waals surface area contributed by atoms with E-state index in [1.807, 2.05) is 0 Å². The number of alkyl halides is 2. The molecule has 0 radical (unpaired) electrons. The van der Waals surface area contributed by atoms with Gasteiger partial charge in [0.1, 0.15) is 6.54 Å². The molecule has 1 heterocycles. The molecular formula is C12H12ClF2N3O2S. The fourth-order valence-corrected chi connectivity index (χ4v) is 3.72. The van der Waals surface area contributed by atoms with Crippen molar-refractivity contribution in [3.8, 4) is 0 Å². The van der Waals surface area contributed by atoms with Crippen LogP contribution in [0.25, 0.3) is 10.9 Å². The number of aromatic nitrogens is 2. The second-order valence-corrected chi connectivity index (χ2v) is 7.27. The summed E-state index contributed by atoms with van der Waals surface area (Å²) in [5.41, 5.74) is 0.372. The standard InChI is InChI=1S/C12H12ClF2N3O2S/c13-8-2-1-3-9-11(8)12(16-18(9)6-10(14)15)17-21(19,20)7-4-5-7/h1-3,7,10H,4-6H2,(H,16,17). The zero-order chi connectivity index (χ0) is 15.2. The van der Waals surface area contributed by atoms with Crippen LogP contribution >= 0.6 is 11.6 Å². The van der Waals surface area contributed by atoms with Gasteiger partial charge in [-0.1, -0.05) is 17.7 Å². The summed E-state index contributed by atoms with van der Waals surface area (Å²) >= 11 is 6.06. The van der Waals surface area contributed by atoms with Crippen LogP contribution in [0.15, 0.2) is 18.2 Å². The molecule has 1 aromatic carbocycles. The van der Waals surface area contributed by atoms with Gasteiger partial charge in [0, 0.05) is 0 Å². The second-order valence-electron chi connectivity index (χ2n) is 4.90.